The van der Waals surface area contributed by atoms with Crippen molar-refractivity contribution < 1.29 is 19.1 Å². The molecule has 1 heterocycles. The van der Waals surface area contributed by atoms with Crippen molar-refractivity contribution in [3.8, 4) is 0 Å². The topological polar surface area (TPSA) is 83.8 Å². The van der Waals surface area contributed by atoms with Gasteiger partial charge in [0.25, 0.3) is 0 Å². The lowest BCUT2D eigenvalue weighted by Crippen LogP contribution is -2.43. The first-order valence-electron chi connectivity index (χ1n) is 8.47. The van der Waals surface area contributed by atoms with Crippen molar-refractivity contribution in [2.45, 2.75) is 65.6 Å². The predicted molar refractivity (Wildman–Crippen MR) is 97.0 cm³/mol. The third-order valence-electron chi connectivity index (χ3n) is 2.97. The summed E-state index contributed by atoms with van der Waals surface area (Å²) in [6.45, 7) is 12.1. The summed E-state index contributed by atoms with van der Waals surface area (Å²) in [5, 5.41) is 0. The van der Waals surface area contributed by atoms with Gasteiger partial charge in [0, 0.05) is 13.1 Å². The van der Waals surface area contributed by atoms with Gasteiger partial charge in [-0.2, -0.15) is 4.90 Å². The number of nitrogens with zero attached hydrogens (tertiary/aromatic N) is 4. The predicted octanol–water partition coefficient (Wildman–Crippen LogP) is 3.27. The fraction of sp³-hybridized carbons (Fsp3) is 0.765. The number of carbonyl (C=O) groups excluding carboxylic acids is 2. The summed E-state index contributed by atoms with van der Waals surface area (Å²) in [5.41, 5.74) is -1.45. The summed E-state index contributed by atoms with van der Waals surface area (Å²) in [7, 11) is 0. The zero-order valence-electron chi connectivity index (χ0n) is 16.1. The van der Waals surface area contributed by atoms with E-state index in [1.54, 1.807) is 47.9 Å². The summed E-state index contributed by atoms with van der Waals surface area (Å²) < 4.78 is 10.5. The Bertz CT molecular complexity index is 484. The van der Waals surface area contributed by atoms with Crippen LogP contribution in [-0.4, -0.2) is 65.6 Å². The minimum Gasteiger partial charge on any atom is -0.443 e. The minimum absolute atomic E-state index is 0.221. The molecule has 1 rings (SSSR count). The highest BCUT2D eigenvalue weighted by Gasteiger charge is 2.30. The van der Waals surface area contributed by atoms with E-state index in [0.29, 0.717) is 0 Å². The molecule has 1 saturated heterocycles. The Labute approximate surface area is 149 Å². The minimum atomic E-state index is -0.803. The Kier molecular flexibility index (Phi) is 7.38. The Morgan fingerprint density at radius 2 is 1.48 bits per heavy atom. The van der Waals surface area contributed by atoms with Crippen LogP contribution in [0.1, 0.15) is 54.4 Å². The number of aliphatic imine (C=N–C) groups is 2. The van der Waals surface area contributed by atoms with Crippen molar-refractivity contribution in [3.63, 3.8) is 0 Å². The quantitative estimate of drug-likeness (QED) is 0.571. The Hall–Kier alpha value is -2.12. The third-order valence-corrected chi connectivity index (χ3v) is 2.97. The molecule has 142 valence electrons. The molecule has 0 unspecified atom stereocenters. The number of amides is 2. The van der Waals surface area contributed by atoms with Gasteiger partial charge in [-0.15, -0.1) is 0 Å². The molecule has 1 aliphatic rings. The highest BCUT2D eigenvalue weighted by molar-refractivity contribution is 5.88. The van der Waals surface area contributed by atoms with Gasteiger partial charge in [-0.3, -0.25) is 4.99 Å². The molecule has 1 fully saturated rings. The molecule has 0 N–H and O–H groups in total. The zero-order valence-corrected chi connectivity index (χ0v) is 16.1. The van der Waals surface area contributed by atoms with Gasteiger partial charge in [0.2, 0.25) is 0 Å². The molecule has 0 spiro atoms. The van der Waals surface area contributed by atoms with E-state index in [1.165, 1.54) is 6.34 Å². The van der Waals surface area contributed by atoms with E-state index in [0.717, 1.165) is 30.8 Å². The lowest BCUT2D eigenvalue weighted by molar-refractivity contribution is 0.00214. The van der Waals surface area contributed by atoms with E-state index in [4.69, 9.17) is 9.47 Å². The average Bonchev–Trinajstić information content (AvgIpc) is 2.91. The van der Waals surface area contributed by atoms with Crippen LogP contribution in [0.15, 0.2) is 9.98 Å². The van der Waals surface area contributed by atoms with E-state index >= 15 is 0 Å². The van der Waals surface area contributed by atoms with Gasteiger partial charge in [0.1, 0.15) is 24.2 Å². The monoisotopic (exact) mass is 354 g/mol. The molecule has 0 radical (unpaired) electrons. The van der Waals surface area contributed by atoms with Crippen molar-refractivity contribution in [1.82, 2.24) is 9.80 Å². The van der Waals surface area contributed by atoms with Crippen molar-refractivity contribution in [3.05, 3.63) is 0 Å². The van der Waals surface area contributed by atoms with Crippen LogP contribution in [0.5, 0.6) is 0 Å². The van der Waals surface area contributed by atoms with Crippen LogP contribution in [0, 0.1) is 0 Å². The molecule has 8 nitrogen and oxygen atoms in total. The molecule has 0 atom stereocenters. The number of likely N-dealkylation sites (tertiary alicyclic amines) is 1. The van der Waals surface area contributed by atoms with Crippen LogP contribution in [0.25, 0.3) is 0 Å². The Morgan fingerprint density at radius 1 is 1.00 bits per heavy atom. The first-order chi connectivity index (χ1) is 11.5. The van der Waals surface area contributed by atoms with Crippen LogP contribution < -0.4 is 0 Å². The van der Waals surface area contributed by atoms with E-state index in [2.05, 4.69) is 14.9 Å². The number of hydrogen-bond donors (Lipinski definition) is 0. The highest BCUT2D eigenvalue weighted by Crippen LogP contribution is 2.14. The molecule has 0 aromatic heterocycles. The molecule has 0 saturated carbocycles. The summed E-state index contributed by atoms with van der Waals surface area (Å²) in [6.07, 6.45) is 3.74. The summed E-state index contributed by atoms with van der Waals surface area (Å²) >= 11 is 0. The maximum absolute atomic E-state index is 12.2. The largest absolute Gasteiger partial charge is 0.443 e. The number of hydrogen-bond acceptors (Lipinski definition) is 5. The second-order valence-electron chi connectivity index (χ2n) is 7.84. The Morgan fingerprint density at radius 3 is 1.92 bits per heavy atom. The van der Waals surface area contributed by atoms with Crippen molar-refractivity contribution in [1.29, 1.82) is 0 Å². The number of imide groups is 1. The lowest BCUT2D eigenvalue weighted by atomic mass is 10.2. The van der Waals surface area contributed by atoms with Gasteiger partial charge < -0.3 is 14.4 Å². The SMILES string of the molecule is CC(C)(C)OC(=O)N(C/N=C\N=C/N1CCCC1)C(=O)OC(C)(C)C. The van der Waals surface area contributed by atoms with Crippen molar-refractivity contribution in [2.24, 2.45) is 9.98 Å². The van der Waals surface area contributed by atoms with Gasteiger partial charge in [-0.1, -0.05) is 0 Å². The molecule has 0 aliphatic carbocycles. The van der Waals surface area contributed by atoms with Crippen molar-refractivity contribution >= 4 is 24.9 Å². The van der Waals surface area contributed by atoms with E-state index < -0.39 is 23.4 Å². The molecule has 0 bridgehead atoms. The molecule has 0 aromatic rings. The van der Waals surface area contributed by atoms with Gasteiger partial charge in [-0.05, 0) is 54.4 Å². The van der Waals surface area contributed by atoms with E-state index in [-0.39, 0.29) is 6.67 Å². The van der Waals surface area contributed by atoms with Gasteiger partial charge >= 0.3 is 12.2 Å². The first kappa shape index (κ1) is 20.9. The molecule has 2 amide bonds. The smallest absolute Gasteiger partial charge is 0.421 e. The van der Waals surface area contributed by atoms with Crippen LogP contribution in [0.3, 0.4) is 0 Å². The van der Waals surface area contributed by atoms with Gasteiger partial charge in [0.15, 0.2) is 0 Å². The molecule has 25 heavy (non-hydrogen) atoms. The number of ether oxygens (including phenoxy) is 2. The number of rotatable bonds is 4. The summed E-state index contributed by atoms with van der Waals surface area (Å²) in [4.78, 5) is 35.5. The standard InChI is InChI=1S/C17H30N4O4/c1-16(2,3)24-14(22)21(15(23)25-17(4,5)6)13-19-11-18-12-20-9-7-8-10-20/h11-12H,7-10,13H2,1-6H3/b18-12-,19-11-. The summed E-state index contributed by atoms with van der Waals surface area (Å²) in [6, 6.07) is 0. The van der Waals surface area contributed by atoms with Crippen molar-refractivity contribution in [2.75, 3.05) is 19.8 Å². The summed E-state index contributed by atoms with van der Waals surface area (Å²) in [5.74, 6) is 0. The molecular formula is C17H30N4O4. The molecule has 1 aliphatic heterocycles. The van der Waals surface area contributed by atoms with Gasteiger partial charge in [-0.25, -0.2) is 14.6 Å². The average molecular weight is 354 g/mol. The highest BCUT2D eigenvalue weighted by atomic mass is 16.6. The van der Waals surface area contributed by atoms with Crippen LogP contribution >= 0.6 is 0 Å². The maximum Gasteiger partial charge on any atom is 0.421 e. The second-order valence-corrected chi connectivity index (χ2v) is 7.84. The van der Waals surface area contributed by atoms with E-state index in [9.17, 15) is 9.59 Å². The van der Waals surface area contributed by atoms with Crippen LogP contribution in [-0.2, 0) is 9.47 Å². The normalized spacial score (nSPS) is 15.8. The molecule has 8 heteroatoms. The molecular weight excluding hydrogens is 324 g/mol. The maximum atomic E-state index is 12.2. The fourth-order valence-electron chi connectivity index (χ4n) is 1.97. The second kappa shape index (κ2) is 8.82. The molecule has 0 aromatic carbocycles. The fourth-order valence-corrected chi connectivity index (χ4v) is 1.97. The number of carbonyl (C=O) groups is 2. The Balaban J connectivity index is 2.69. The van der Waals surface area contributed by atoms with Crippen LogP contribution in [0.2, 0.25) is 0 Å². The first-order valence-corrected chi connectivity index (χ1v) is 8.47. The third kappa shape index (κ3) is 9.07. The van der Waals surface area contributed by atoms with Crippen LogP contribution in [0.4, 0.5) is 9.59 Å². The lowest BCUT2D eigenvalue weighted by Gasteiger charge is -2.27. The van der Waals surface area contributed by atoms with Gasteiger partial charge in [0.05, 0.1) is 6.34 Å². The van der Waals surface area contributed by atoms with E-state index in [1.807, 2.05) is 0 Å². The zero-order chi connectivity index (χ0) is 19.1.